The number of hydrogen-bond acceptors (Lipinski definition) is 1. The lowest BCUT2D eigenvalue weighted by atomic mass is 9.76. The molecule has 0 heterocycles. The van der Waals surface area contributed by atoms with Crippen molar-refractivity contribution >= 4 is 0 Å². The Hall–Kier alpha value is -0.0400. The van der Waals surface area contributed by atoms with Crippen molar-refractivity contribution in [2.45, 2.75) is 65.8 Å². The molecule has 0 aromatic carbocycles. The predicted molar refractivity (Wildman–Crippen MR) is 63.2 cm³/mol. The van der Waals surface area contributed by atoms with E-state index in [1.54, 1.807) is 0 Å². The molecule has 1 saturated carbocycles. The van der Waals surface area contributed by atoms with Crippen molar-refractivity contribution in [2.24, 2.45) is 23.0 Å². The standard InChI is InChI=1S/C13H27N/c1-10(14)11-6-5-7-12(9-8-11)13(2,3)4/h10-12H,5-9,14H2,1-4H3. The van der Waals surface area contributed by atoms with Gasteiger partial charge in [-0.3, -0.25) is 0 Å². The molecule has 1 heteroatoms. The van der Waals surface area contributed by atoms with Gasteiger partial charge in [0.2, 0.25) is 0 Å². The van der Waals surface area contributed by atoms with Gasteiger partial charge in [-0.15, -0.1) is 0 Å². The minimum Gasteiger partial charge on any atom is -0.328 e. The first-order valence-electron chi connectivity index (χ1n) is 6.17. The molecule has 1 aliphatic rings. The second kappa shape index (κ2) is 4.65. The number of hydrogen-bond donors (Lipinski definition) is 1. The zero-order chi connectivity index (χ0) is 10.8. The lowest BCUT2D eigenvalue weighted by Crippen LogP contribution is -2.26. The maximum atomic E-state index is 5.99. The van der Waals surface area contributed by atoms with Crippen molar-refractivity contribution in [3.8, 4) is 0 Å². The summed E-state index contributed by atoms with van der Waals surface area (Å²) in [5, 5.41) is 0. The topological polar surface area (TPSA) is 26.0 Å². The van der Waals surface area contributed by atoms with Crippen LogP contribution in [0.5, 0.6) is 0 Å². The summed E-state index contributed by atoms with van der Waals surface area (Å²) in [5.41, 5.74) is 6.48. The van der Waals surface area contributed by atoms with Gasteiger partial charge < -0.3 is 5.73 Å². The molecule has 2 N–H and O–H groups in total. The molecule has 0 aliphatic heterocycles. The van der Waals surface area contributed by atoms with Crippen molar-refractivity contribution < 1.29 is 0 Å². The van der Waals surface area contributed by atoms with Gasteiger partial charge in [-0.1, -0.05) is 27.2 Å². The lowest BCUT2D eigenvalue weighted by molar-refractivity contribution is 0.211. The normalized spacial score (nSPS) is 32.4. The molecule has 0 spiro atoms. The van der Waals surface area contributed by atoms with Crippen molar-refractivity contribution in [1.29, 1.82) is 0 Å². The van der Waals surface area contributed by atoms with Gasteiger partial charge in [-0.2, -0.15) is 0 Å². The maximum absolute atomic E-state index is 5.99. The second-order valence-electron chi connectivity index (χ2n) is 6.19. The highest BCUT2D eigenvalue weighted by Gasteiger charge is 2.28. The Morgan fingerprint density at radius 3 is 2.21 bits per heavy atom. The van der Waals surface area contributed by atoms with E-state index in [0.717, 1.165) is 11.8 Å². The zero-order valence-corrected chi connectivity index (χ0v) is 10.3. The van der Waals surface area contributed by atoms with Crippen LogP contribution in [0.1, 0.15) is 59.8 Å². The van der Waals surface area contributed by atoms with Crippen LogP contribution in [0.4, 0.5) is 0 Å². The van der Waals surface area contributed by atoms with Crippen LogP contribution in [0.2, 0.25) is 0 Å². The van der Waals surface area contributed by atoms with Gasteiger partial charge in [0.25, 0.3) is 0 Å². The van der Waals surface area contributed by atoms with Gasteiger partial charge in [0.1, 0.15) is 0 Å². The average molecular weight is 197 g/mol. The molecule has 0 radical (unpaired) electrons. The fourth-order valence-electron chi connectivity index (χ4n) is 2.72. The Morgan fingerprint density at radius 2 is 1.71 bits per heavy atom. The summed E-state index contributed by atoms with van der Waals surface area (Å²) >= 11 is 0. The summed E-state index contributed by atoms with van der Waals surface area (Å²) in [6.45, 7) is 9.31. The number of rotatable bonds is 1. The summed E-state index contributed by atoms with van der Waals surface area (Å²) in [6.07, 6.45) is 6.88. The molecule has 14 heavy (non-hydrogen) atoms. The summed E-state index contributed by atoms with van der Waals surface area (Å²) < 4.78 is 0. The minimum absolute atomic E-state index is 0.397. The Bertz CT molecular complexity index is 167. The van der Waals surface area contributed by atoms with Crippen LogP contribution < -0.4 is 5.73 Å². The van der Waals surface area contributed by atoms with Crippen molar-refractivity contribution in [1.82, 2.24) is 0 Å². The monoisotopic (exact) mass is 197 g/mol. The lowest BCUT2D eigenvalue weighted by Gasteiger charge is -2.30. The molecule has 3 unspecified atom stereocenters. The van der Waals surface area contributed by atoms with E-state index in [0.29, 0.717) is 11.5 Å². The molecule has 84 valence electrons. The zero-order valence-electron chi connectivity index (χ0n) is 10.3. The smallest absolute Gasteiger partial charge is 0.00387 e. The van der Waals surface area contributed by atoms with Gasteiger partial charge in [0.15, 0.2) is 0 Å². The Kier molecular flexibility index (Phi) is 4.00. The van der Waals surface area contributed by atoms with Gasteiger partial charge >= 0.3 is 0 Å². The molecular formula is C13H27N. The molecule has 1 aliphatic carbocycles. The Morgan fingerprint density at radius 1 is 1.07 bits per heavy atom. The summed E-state index contributed by atoms with van der Waals surface area (Å²) in [5.74, 6) is 1.69. The first kappa shape index (κ1) is 12.0. The Labute approximate surface area is 89.5 Å². The van der Waals surface area contributed by atoms with Gasteiger partial charge in [0.05, 0.1) is 0 Å². The van der Waals surface area contributed by atoms with E-state index in [1.165, 1.54) is 32.1 Å². The van der Waals surface area contributed by atoms with E-state index in [4.69, 9.17) is 5.73 Å². The molecule has 0 amide bonds. The third kappa shape index (κ3) is 3.27. The SMILES string of the molecule is CC(N)C1CCCC(C(C)(C)C)CC1. The minimum atomic E-state index is 0.397. The first-order chi connectivity index (χ1) is 6.41. The van der Waals surface area contributed by atoms with E-state index in [-0.39, 0.29) is 0 Å². The molecule has 0 bridgehead atoms. The third-order valence-corrected chi connectivity index (χ3v) is 3.98. The van der Waals surface area contributed by atoms with Crippen LogP contribution in [0.25, 0.3) is 0 Å². The highest BCUT2D eigenvalue weighted by molar-refractivity contribution is 4.81. The van der Waals surface area contributed by atoms with Gasteiger partial charge in [-0.25, -0.2) is 0 Å². The molecule has 1 nitrogen and oxygen atoms in total. The maximum Gasteiger partial charge on any atom is 0.00387 e. The highest BCUT2D eigenvalue weighted by atomic mass is 14.6. The molecule has 0 aromatic rings. The van der Waals surface area contributed by atoms with Crippen molar-refractivity contribution in [2.75, 3.05) is 0 Å². The van der Waals surface area contributed by atoms with Crippen LogP contribution in [0.15, 0.2) is 0 Å². The van der Waals surface area contributed by atoms with E-state index >= 15 is 0 Å². The highest BCUT2D eigenvalue weighted by Crippen LogP contribution is 2.38. The molecule has 3 atom stereocenters. The van der Waals surface area contributed by atoms with Crippen LogP contribution in [0.3, 0.4) is 0 Å². The fraction of sp³-hybridized carbons (Fsp3) is 1.00. The molecule has 1 fully saturated rings. The van der Waals surface area contributed by atoms with Crippen LogP contribution in [-0.4, -0.2) is 6.04 Å². The molecule has 0 saturated heterocycles. The molecule has 0 aromatic heterocycles. The van der Waals surface area contributed by atoms with Crippen LogP contribution >= 0.6 is 0 Å². The quantitative estimate of drug-likeness (QED) is 0.639. The van der Waals surface area contributed by atoms with Crippen molar-refractivity contribution in [3.63, 3.8) is 0 Å². The van der Waals surface area contributed by atoms with Gasteiger partial charge in [-0.05, 0) is 49.9 Å². The van der Waals surface area contributed by atoms with Crippen molar-refractivity contribution in [3.05, 3.63) is 0 Å². The van der Waals surface area contributed by atoms with E-state index in [9.17, 15) is 0 Å². The summed E-state index contributed by atoms with van der Waals surface area (Å²) in [4.78, 5) is 0. The second-order valence-corrected chi connectivity index (χ2v) is 6.19. The van der Waals surface area contributed by atoms with E-state index in [1.807, 2.05) is 0 Å². The fourth-order valence-corrected chi connectivity index (χ4v) is 2.72. The predicted octanol–water partition coefficient (Wildman–Crippen LogP) is 3.58. The largest absolute Gasteiger partial charge is 0.328 e. The van der Waals surface area contributed by atoms with E-state index in [2.05, 4.69) is 27.7 Å². The molecule has 1 rings (SSSR count). The molecular weight excluding hydrogens is 170 g/mol. The summed E-state index contributed by atoms with van der Waals surface area (Å²) in [6, 6.07) is 0.397. The van der Waals surface area contributed by atoms with Gasteiger partial charge in [0, 0.05) is 6.04 Å². The first-order valence-corrected chi connectivity index (χ1v) is 6.17. The average Bonchev–Trinajstić information content (AvgIpc) is 2.26. The van der Waals surface area contributed by atoms with Crippen LogP contribution in [-0.2, 0) is 0 Å². The summed E-state index contributed by atoms with van der Waals surface area (Å²) in [7, 11) is 0. The van der Waals surface area contributed by atoms with E-state index < -0.39 is 0 Å². The van der Waals surface area contributed by atoms with Crippen LogP contribution in [0, 0.1) is 17.3 Å². The number of nitrogens with two attached hydrogens (primary N) is 1. The third-order valence-electron chi connectivity index (χ3n) is 3.98. The Balaban J connectivity index is 2.49.